The van der Waals surface area contributed by atoms with Crippen LogP contribution < -0.4 is 14.8 Å². The lowest BCUT2D eigenvalue weighted by Gasteiger charge is -2.09. The van der Waals surface area contributed by atoms with Crippen molar-refractivity contribution in [2.45, 2.75) is 0 Å². The summed E-state index contributed by atoms with van der Waals surface area (Å²) in [5, 5.41) is 2.79. The van der Waals surface area contributed by atoms with Crippen LogP contribution in [0.3, 0.4) is 0 Å². The predicted octanol–water partition coefficient (Wildman–Crippen LogP) is 4.50. The van der Waals surface area contributed by atoms with Gasteiger partial charge in [-0.05, 0) is 36.4 Å². The highest BCUT2D eigenvalue weighted by molar-refractivity contribution is 5.92. The Balaban J connectivity index is 1.57. The number of nitrogens with one attached hydrogen (secondary N) is 1. The van der Waals surface area contributed by atoms with Crippen molar-refractivity contribution in [3.8, 4) is 17.2 Å². The van der Waals surface area contributed by atoms with Crippen molar-refractivity contribution in [1.82, 2.24) is 0 Å². The van der Waals surface area contributed by atoms with Gasteiger partial charge in [-0.3, -0.25) is 4.79 Å². The predicted molar refractivity (Wildman–Crippen MR) is 93.5 cm³/mol. The van der Waals surface area contributed by atoms with Gasteiger partial charge in [0.15, 0.2) is 6.61 Å². The maximum absolute atomic E-state index is 12.0. The molecule has 0 spiro atoms. The highest BCUT2D eigenvalue weighted by atomic mass is 16.5. The van der Waals surface area contributed by atoms with Crippen molar-refractivity contribution in [3.05, 3.63) is 84.9 Å². The second-order valence-electron chi connectivity index (χ2n) is 5.09. The normalized spacial score (nSPS) is 10.0. The largest absolute Gasteiger partial charge is 0.484 e. The lowest BCUT2D eigenvalue weighted by atomic mass is 10.3. The molecule has 1 N–H and O–H groups in total. The molecular formula is C20H17NO3. The van der Waals surface area contributed by atoms with Crippen molar-refractivity contribution in [2.75, 3.05) is 11.9 Å². The molecule has 3 aromatic carbocycles. The van der Waals surface area contributed by atoms with Gasteiger partial charge in [-0.25, -0.2) is 0 Å². The summed E-state index contributed by atoms with van der Waals surface area (Å²) in [7, 11) is 0. The molecule has 120 valence electrons. The lowest BCUT2D eigenvalue weighted by molar-refractivity contribution is -0.118. The fourth-order valence-electron chi connectivity index (χ4n) is 2.12. The van der Waals surface area contributed by atoms with Gasteiger partial charge in [0, 0.05) is 11.8 Å². The van der Waals surface area contributed by atoms with E-state index >= 15 is 0 Å². The number of ether oxygens (including phenoxy) is 2. The van der Waals surface area contributed by atoms with Gasteiger partial charge in [0.05, 0.1) is 0 Å². The highest BCUT2D eigenvalue weighted by Gasteiger charge is 2.05. The minimum atomic E-state index is -0.226. The van der Waals surface area contributed by atoms with Crippen molar-refractivity contribution in [1.29, 1.82) is 0 Å². The van der Waals surface area contributed by atoms with Crippen LogP contribution in [0.5, 0.6) is 17.2 Å². The Morgan fingerprint density at radius 1 is 0.750 bits per heavy atom. The van der Waals surface area contributed by atoms with E-state index in [1.54, 1.807) is 12.1 Å². The number of anilines is 1. The van der Waals surface area contributed by atoms with Crippen molar-refractivity contribution in [2.24, 2.45) is 0 Å². The fraction of sp³-hybridized carbons (Fsp3) is 0.0500. The average Bonchev–Trinajstić information content (AvgIpc) is 2.62. The number of carbonyl (C=O) groups is 1. The number of rotatable bonds is 6. The molecule has 0 bridgehead atoms. The Morgan fingerprint density at radius 3 is 2.08 bits per heavy atom. The molecule has 0 aliphatic heterocycles. The molecule has 0 aliphatic rings. The van der Waals surface area contributed by atoms with Gasteiger partial charge in [-0.15, -0.1) is 0 Å². The molecule has 0 aromatic heterocycles. The van der Waals surface area contributed by atoms with E-state index in [-0.39, 0.29) is 12.5 Å². The van der Waals surface area contributed by atoms with E-state index in [1.165, 1.54) is 0 Å². The maximum Gasteiger partial charge on any atom is 0.262 e. The Labute approximate surface area is 140 Å². The van der Waals surface area contributed by atoms with Gasteiger partial charge in [0.1, 0.15) is 17.2 Å². The third-order valence-electron chi connectivity index (χ3n) is 3.21. The summed E-state index contributed by atoms with van der Waals surface area (Å²) in [6.07, 6.45) is 0. The fourth-order valence-corrected chi connectivity index (χ4v) is 2.12. The van der Waals surface area contributed by atoms with Crippen molar-refractivity contribution in [3.63, 3.8) is 0 Å². The third kappa shape index (κ3) is 4.61. The van der Waals surface area contributed by atoms with Crippen LogP contribution in [-0.2, 0) is 4.79 Å². The Hall–Kier alpha value is -3.27. The van der Waals surface area contributed by atoms with Crippen molar-refractivity contribution < 1.29 is 14.3 Å². The zero-order chi connectivity index (χ0) is 16.6. The SMILES string of the molecule is O=C(COc1ccccc1)Nc1cccc(Oc2ccccc2)c1. The standard InChI is InChI=1S/C20H17NO3/c22-20(15-23-17-9-3-1-4-10-17)21-16-8-7-13-19(14-16)24-18-11-5-2-6-12-18/h1-14H,15H2,(H,21,22). The minimum Gasteiger partial charge on any atom is -0.484 e. The molecule has 0 saturated carbocycles. The molecule has 0 atom stereocenters. The summed E-state index contributed by atoms with van der Waals surface area (Å²) in [4.78, 5) is 12.0. The van der Waals surface area contributed by atoms with E-state index in [0.717, 1.165) is 5.75 Å². The van der Waals surface area contributed by atoms with E-state index in [1.807, 2.05) is 72.8 Å². The smallest absolute Gasteiger partial charge is 0.262 e. The zero-order valence-electron chi connectivity index (χ0n) is 13.0. The third-order valence-corrected chi connectivity index (χ3v) is 3.21. The molecule has 3 aromatic rings. The Morgan fingerprint density at radius 2 is 1.38 bits per heavy atom. The van der Waals surface area contributed by atoms with Crippen LogP contribution in [0.2, 0.25) is 0 Å². The van der Waals surface area contributed by atoms with E-state index < -0.39 is 0 Å². The molecule has 0 heterocycles. The first-order valence-electron chi connectivity index (χ1n) is 7.60. The molecule has 24 heavy (non-hydrogen) atoms. The molecule has 3 rings (SSSR count). The number of amides is 1. The van der Waals surface area contributed by atoms with Gasteiger partial charge in [0.2, 0.25) is 0 Å². The highest BCUT2D eigenvalue weighted by Crippen LogP contribution is 2.23. The number of hydrogen-bond acceptors (Lipinski definition) is 3. The zero-order valence-corrected chi connectivity index (χ0v) is 13.0. The summed E-state index contributed by atoms with van der Waals surface area (Å²) in [6, 6.07) is 25.9. The quantitative estimate of drug-likeness (QED) is 0.728. The average molecular weight is 319 g/mol. The number of hydrogen-bond donors (Lipinski definition) is 1. The Bertz CT molecular complexity index is 788. The summed E-state index contributed by atoms with van der Waals surface area (Å²) in [5.41, 5.74) is 0.657. The first kappa shape index (κ1) is 15.6. The van der Waals surface area contributed by atoms with Gasteiger partial charge in [-0.1, -0.05) is 42.5 Å². The van der Waals surface area contributed by atoms with Crippen LogP contribution in [0.15, 0.2) is 84.9 Å². The molecule has 0 aliphatic carbocycles. The monoisotopic (exact) mass is 319 g/mol. The van der Waals surface area contributed by atoms with E-state index in [4.69, 9.17) is 9.47 Å². The maximum atomic E-state index is 12.0. The Kier molecular flexibility index (Phi) is 5.10. The van der Waals surface area contributed by atoms with Gasteiger partial charge in [-0.2, -0.15) is 0 Å². The summed E-state index contributed by atoms with van der Waals surface area (Å²) < 4.78 is 11.2. The van der Waals surface area contributed by atoms with Crippen LogP contribution >= 0.6 is 0 Å². The van der Waals surface area contributed by atoms with E-state index in [2.05, 4.69) is 5.32 Å². The van der Waals surface area contributed by atoms with Gasteiger partial charge < -0.3 is 14.8 Å². The molecule has 0 unspecified atom stereocenters. The van der Waals surface area contributed by atoms with Crippen LogP contribution in [0.1, 0.15) is 0 Å². The molecule has 4 nitrogen and oxygen atoms in total. The number of para-hydroxylation sites is 2. The first-order valence-corrected chi connectivity index (χ1v) is 7.60. The first-order chi connectivity index (χ1) is 11.8. The van der Waals surface area contributed by atoms with E-state index in [9.17, 15) is 4.79 Å². The second kappa shape index (κ2) is 7.83. The minimum absolute atomic E-state index is 0.0478. The topological polar surface area (TPSA) is 47.6 Å². The van der Waals surface area contributed by atoms with Crippen LogP contribution in [0.25, 0.3) is 0 Å². The van der Waals surface area contributed by atoms with Crippen LogP contribution in [0.4, 0.5) is 5.69 Å². The molecule has 0 fully saturated rings. The van der Waals surface area contributed by atoms with Crippen LogP contribution in [-0.4, -0.2) is 12.5 Å². The van der Waals surface area contributed by atoms with E-state index in [0.29, 0.717) is 17.2 Å². The molecule has 0 saturated heterocycles. The van der Waals surface area contributed by atoms with Crippen LogP contribution in [0, 0.1) is 0 Å². The van der Waals surface area contributed by atoms with Gasteiger partial charge >= 0.3 is 0 Å². The van der Waals surface area contributed by atoms with Gasteiger partial charge in [0.25, 0.3) is 5.91 Å². The number of carbonyl (C=O) groups excluding carboxylic acids is 1. The summed E-state index contributed by atoms with van der Waals surface area (Å²) >= 11 is 0. The molecule has 0 radical (unpaired) electrons. The molecule has 1 amide bonds. The number of benzene rings is 3. The lowest BCUT2D eigenvalue weighted by Crippen LogP contribution is -2.20. The van der Waals surface area contributed by atoms with Crippen molar-refractivity contribution >= 4 is 11.6 Å². The molecular weight excluding hydrogens is 302 g/mol. The second-order valence-corrected chi connectivity index (χ2v) is 5.09. The molecule has 4 heteroatoms. The summed E-state index contributed by atoms with van der Waals surface area (Å²) in [5.74, 6) is 1.83. The summed E-state index contributed by atoms with van der Waals surface area (Å²) in [6.45, 7) is -0.0478.